The van der Waals surface area contributed by atoms with Crippen LogP contribution in [-0.2, 0) is 9.53 Å². The molecule has 1 unspecified atom stereocenters. The van der Waals surface area contributed by atoms with E-state index < -0.39 is 5.66 Å². The quantitative estimate of drug-likeness (QED) is 0.746. The molecule has 0 radical (unpaired) electrons. The molecule has 18 heavy (non-hydrogen) atoms. The molecule has 0 saturated carbocycles. The van der Waals surface area contributed by atoms with E-state index in [9.17, 15) is 4.79 Å². The normalized spacial score (nSPS) is 22.6. The molecule has 2 rings (SSSR count). The first-order chi connectivity index (χ1) is 8.59. The lowest BCUT2D eigenvalue weighted by molar-refractivity contribution is -0.111. The van der Waals surface area contributed by atoms with Crippen molar-refractivity contribution < 1.29 is 9.53 Å². The number of rotatable bonds is 3. The number of carbonyl (C=O) groups is 1. The van der Waals surface area contributed by atoms with Crippen molar-refractivity contribution in [2.45, 2.75) is 19.5 Å². The van der Waals surface area contributed by atoms with Crippen LogP contribution in [0.4, 0.5) is 5.95 Å². The molecule has 2 heterocycles. The van der Waals surface area contributed by atoms with Crippen molar-refractivity contribution in [3.05, 3.63) is 29.9 Å². The lowest BCUT2D eigenvalue weighted by Gasteiger charge is -2.33. The molecule has 1 aliphatic heterocycles. The minimum absolute atomic E-state index is 0.404. The second-order valence-electron chi connectivity index (χ2n) is 4.14. The smallest absolute Gasteiger partial charge is 0.231 e. The number of nitrogens with zero attached hydrogens (tertiary/aromatic N) is 4. The molecule has 0 N–H and O–H groups in total. The Morgan fingerprint density at radius 1 is 1.39 bits per heavy atom. The van der Waals surface area contributed by atoms with Crippen LogP contribution in [0.5, 0.6) is 0 Å². The Bertz CT molecular complexity index is 509. The molecule has 0 aromatic carbocycles. The molecule has 0 bridgehead atoms. The maximum absolute atomic E-state index is 11.2. The largest absolute Gasteiger partial charge is 0.494 e. The van der Waals surface area contributed by atoms with Gasteiger partial charge in [0.15, 0.2) is 17.7 Å². The molecular formula is C12H14N4O2. The fraction of sp³-hybridized carbons (Fsp3) is 0.333. The third-order valence-corrected chi connectivity index (χ3v) is 2.64. The van der Waals surface area contributed by atoms with E-state index in [2.05, 4.69) is 15.0 Å². The zero-order valence-corrected chi connectivity index (χ0v) is 10.5. The van der Waals surface area contributed by atoms with Gasteiger partial charge in [-0.2, -0.15) is 0 Å². The Labute approximate surface area is 105 Å². The molecule has 1 atom stereocenters. The average molecular weight is 246 g/mol. The zero-order chi connectivity index (χ0) is 13.2. The summed E-state index contributed by atoms with van der Waals surface area (Å²) in [6.45, 7) is 3.58. The maximum atomic E-state index is 11.2. The van der Waals surface area contributed by atoms with Crippen LogP contribution in [0.1, 0.15) is 12.5 Å². The second-order valence-corrected chi connectivity index (χ2v) is 4.14. The van der Waals surface area contributed by atoms with Crippen LogP contribution in [0.3, 0.4) is 0 Å². The van der Waals surface area contributed by atoms with Gasteiger partial charge in [-0.1, -0.05) is 0 Å². The molecule has 6 nitrogen and oxygen atoms in total. The first-order valence-corrected chi connectivity index (χ1v) is 5.44. The number of aryl methyl sites for hydroxylation is 1. The molecule has 1 aliphatic rings. The number of carbonyl (C=O) groups excluding carboxylic acids is 1. The van der Waals surface area contributed by atoms with Gasteiger partial charge in [0.25, 0.3) is 0 Å². The van der Waals surface area contributed by atoms with Crippen LogP contribution < -0.4 is 4.90 Å². The summed E-state index contributed by atoms with van der Waals surface area (Å²) < 4.78 is 5.10. The molecule has 0 aliphatic carbocycles. The monoisotopic (exact) mass is 246 g/mol. The second kappa shape index (κ2) is 4.56. The van der Waals surface area contributed by atoms with E-state index in [0.717, 1.165) is 11.8 Å². The molecule has 0 spiro atoms. The number of methoxy groups -OCH3 is 1. The third kappa shape index (κ3) is 2.09. The van der Waals surface area contributed by atoms with Crippen molar-refractivity contribution in [2.75, 3.05) is 12.0 Å². The van der Waals surface area contributed by atoms with Crippen LogP contribution in [0.25, 0.3) is 0 Å². The highest BCUT2D eigenvalue weighted by Crippen LogP contribution is 2.24. The Kier molecular flexibility index (Phi) is 3.10. The highest BCUT2D eigenvalue weighted by Gasteiger charge is 2.34. The van der Waals surface area contributed by atoms with Crippen molar-refractivity contribution in [3.63, 3.8) is 0 Å². The summed E-state index contributed by atoms with van der Waals surface area (Å²) in [6, 6.07) is 0. The number of anilines is 1. The highest BCUT2D eigenvalue weighted by molar-refractivity contribution is 5.85. The fourth-order valence-corrected chi connectivity index (χ4v) is 1.51. The van der Waals surface area contributed by atoms with Crippen molar-refractivity contribution in [3.8, 4) is 0 Å². The molecule has 0 fully saturated rings. The highest BCUT2D eigenvalue weighted by atomic mass is 16.5. The van der Waals surface area contributed by atoms with Crippen LogP contribution >= 0.6 is 0 Å². The van der Waals surface area contributed by atoms with E-state index in [1.807, 2.05) is 6.92 Å². The van der Waals surface area contributed by atoms with Gasteiger partial charge in [0, 0.05) is 12.4 Å². The van der Waals surface area contributed by atoms with Crippen LogP contribution in [0.15, 0.2) is 29.3 Å². The van der Waals surface area contributed by atoms with Gasteiger partial charge < -0.3 is 4.74 Å². The van der Waals surface area contributed by atoms with Gasteiger partial charge in [-0.25, -0.2) is 9.97 Å². The summed E-state index contributed by atoms with van der Waals surface area (Å²) in [5, 5.41) is 0. The SMILES string of the molecule is COC1=CN(c2ncc(C)cn2)C(C)(C=O)N=C1. The molecule has 1 aromatic heterocycles. The predicted molar refractivity (Wildman–Crippen MR) is 67.3 cm³/mol. The summed E-state index contributed by atoms with van der Waals surface area (Å²) in [5.74, 6) is 0.945. The van der Waals surface area contributed by atoms with E-state index in [1.54, 1.807) is 30.4 Å². The Hall–Kier alpha value is -2.24. The number of aldehydes is 1. The Balaban J connectivity index is 2.44. The van der Waals surface area contributed by atoms with Gasteiger partial charge in [-0.15, -0.1) is 0 Å². The van der Waals surface area contributed by atoms with E-state index in [4.69, 9.17) is 4.74 Å². The Morgan fingerprint density at radius 2 is 2.06 bits per heavy atom. The first kappa shape index (κ1) is 12.2. The summed E-state index contributed by atoms with van der Waals surface area (Å²) in [6.07, 6.45) is 7.29. The van der Waals surface area contributed by atoms with Gasteiger partial charge in [0.2, 0.25) is 5.95 Å². The van der Waals surface area contributed by atoms with Crippen LogP contribution in [-0.4, -0.2) is 35.2 Å². The maximum Gasteiger partial charge on any atom is 0.231 e. The number of hydrogen-bond acceptors (Lipinski definition) is 6. The van der Waals surface area contributed by atoms with Crippen molar-refractivity contribution in [1.82, 2.24) is 9.97 Å². The summed E-state index contributed by atoms with van der Waals surface area (Å²) in [4.78, 5) is 25.4. The molecule has 94 valence electrons. The topological polar surface area (TPSA) is 67.7 Å². The summed E-state index contributed by atoms with van der Waals surface area (Å²) >= 11 is 0. The van der Waals surface area contributed by atoms with Gasteiger partial charge in [-0.3, -0.25) is 14.7 Å². The fourth-order valence-electron chi connectivity index (χ4n) is 1.51. The summed E-state index contributed by atoms with van der Waals surface area (Å²) in [7, 11) is 1.54. The van der Waals surface area contributed by atoms with E-state index in [-0.39, 0.29) is 0 Å². The zero-order valence-electron chi connectivity index (χ0n) is 10.5. The third-order valence-electron chi connectivity index (χ3n) is 2.64. The van der Waals surface area contributed by atoms with E-state index >= 15 is 0 Å². The average Bonchev–Trinajstić information content (AvgIpc) is 2.40. The number of hydrogen-bond donors (Lipinski definition) is 0. The molecule has 0 saturated heterocycles. The predicted octanol–water partition coefficient (Wildman–Crippen LogP) is 1.08. The van der Waals surface area contributed by atoms with Gasteiger partial charge >= 0.3 is 0 Å². The molecule has 1 aromatic rings. The summed E-state index contributed by atoms with van der Waals surface area (Å²) in [5.41, 5.74) is -0.0971. The van der Waals surface area contributed by atoms with Crippen LogP contribution in [0, 0.1) is 6.92 Å². The molecule has 6 heteroatoms. The minimum atomic E-state index is -1.04. The Morgan fingerprint density at radius 3 is 2.61 bits per heavy atom. The molecular weight excluding hydrogens is 232 g/mol. The first-order valence-electron chi connectivity index (χ1n) is 5.44. The van der Waals surface area contributed by atoms with Crippen molar-refractivity contribution >= 4 is 18.4 Å². The van der Waals surface area contributed by atoms with Gasteiger partial charge in [0.05, 0.1) is 19.5 Å². The number of aliphatic imine (C=N–C) groups is 1. The number of aromatic nitrogens is 2. The lowest BCUT2D eigenvalue weighted by Crippen LogP contribution is -2.46. The van der Waals surface area contributed by atoms with Crippen molar-refractivity contribution in [1.29, 1.82) is 0 Å². The number of allylic oxidation sites excluding steroid dienone is 1. The van der Waals surface area contributed by atoms with Crippen LogP contribution in [0.2, 0.25) is 0 Å². The minimum Gasteiger partial charge on any atom is -0.494 e. The van der Waals surface area contributed by atoms with Gasteiger partial charge in [-0.05, 0) is 19.4 Å². The van der Waals surface area contributed by atoms with E-state index in [0.29, 0.717) is 11.7 Å². The molecule has 0 amide bonds. The number of ether oxygens (including phenoxy) is 1. The standard InChI is InChI=1S/C12H14N4O2/c1-9-4-13-11(14-5-9)16-7-10(18-3)6-15-12(16,2)8-17/h4-8H,1-3H3. The van der Waals surface area contributed by atoms with E-state index in [1.165, 1.54) is 13.3 Å². The lowest BCUT2D eigenvalue weighted by atomic mass is 10.2. The van der Waals surface area contributed by atoms with Crippen molar-refractivity contribution in [2.24, 2.45) is 4.99 Å². The van der Waals surface area contributed by atoms with Gasteiger partial charge in [0.1, 0.15) is 0 Å².